The molecule has 1 aliphatic heterocycles. The van der Waals surface area contributed by atoms with Crippen molar-refractivity contribution >= 4 is 32.4 Å². The average Bonchev–Trinajstić information content (AvgIpc) is 3.24. The van der Waals surface area contributed by atoms with E-state index in [1.807, 2.05) is 0 Å². The summed E-state index contributed by atoms with van der Waals surface area (Å²) < 4.78 is 27.1. The van der Waals surface area contributed by atoms with Crippen LogP contribution in [0.4, 0.5) is 5.13 Å². The highest BCUT2D eigenvalue weighted by atomic mass is 32.2. The molecule has 0 radical (unpaired) electrons. The number of carbonyl (C=O) groups is 1. The van der Waals surface area contributed by atoms with Crippen molar-refractivity contribution in [2.75, 3.05) is 18.4 Å². The van der Waals surface area contributed by atoms with Crippen LogP contribution in [0.1, 0.15) is 46.6 Å². The fourth-order valence-electron chi connectivity index (χ4n) is 3.47. The van der Waals surface area contributed by atoms with Crippen LogP contribution in [0.2, 0.25) is 0 Å². The van der Waals surface area contributed by atoms with Crippen molar-refractivity contribution in [2.45, 2.75) is 43.4 Å². The molecule has 1 aromatic heterocycles. The van der Waals surface area contributed by atoms with E-state index in [4.69, 9.17) is 0 Å². The molecule has 1 N–H and O–H groups in total. The van der Waals surface area contributed by atoms with Gasteiger partial charge in [0.25, 0.3) is 5.91 Å². The number of amides is 1. The predicted octanol–water partition coefficient (Wildman–Crippen LogP) is 3.06. The molecule has 1 aromatic carbocycles. The largest absolute Gasteiger partial charge is 0.298 e. The predicted molar refractivity (Wildman–Crippen MR) is 101 cm³/mol. The smallest absolute Gasteiger partial charge is 0.257 e. The van der Waals surface area contributed by atoms with E-state index >= 15 is 0 Å². The summed E-state index contributed by atoms with van der Waals surface area (Å²) in [7, 11) is -3.55. The van der Waals surface area contributed by atoms with E-state index in [1.54, 1.807) is 18.2 Å². The summed E-state index contributed by atoms with van der Waals surface area (Å²) >= 11 is 1.51. The maximum absolute atomic E-state index is 12.8. The molecule has 6 nitrogen and oxygen atoms in total. The van der Waals surface area contributed by atoms with Gasteiger partial charge in [-0.2, -0.15) is 4.31 Å². The van der Waals surface area contributed by atoms with Crippen molar-refractivity contribution in [2.24, 2.45) is 0 Å². The normalized spacial score (nSPS) is 17.8. The molecule has 26 heavy (non-hydrogen) atoms. The van der Waals surface area contributed by atoms with E-state index in [-0.39, 0.29) is 10.8 Å². The highest BCUT2D eigenvalue weighted by Crippen LogP contribution is 2.30. The van der Waals surface area contributed by atoms with Crippen LogP contribution in [0.3, 0.4) is 0 Å². The van der Waals surface area contributed by atoms with Gasteiger partial charge in [0.05, 0.1) is 10.6 Å². The number of aromatic nitrogens is 1. The van der Waals surface area contributed by atoms with Gasteiger partial charge >= 0.3 is 0 Å². The van der Waals surface area contributed by atoms with Crippen molar-refractivity contribution in [3.8, 4) is 0 Å². The quantitative estimate of drug-likeness (QED) is 0.869. The molecule has 1 saturated heterocycles. The van der Waals surface area contributed by atoms with Gasteiger partial charge in [0.1, 0.15) is 0 Å². The van der Waals surface area contributed by atoms with E-state index in [2.05, 4.69) is 10.3 Å². The Kier molecular flexibility index (Phi) is 4.81. The molecule has 138 valence electrons. The molecular weight excluding hydrogens is 370 g/mol. The maximum atomic E-state index is 12.8. The summed E-state index contributed by atoms with van der Waals surface area (Å²) in [5, 5.41) is 3.39. The number of fused-ring (bicyclic) bond motifs is 1. The van der Waals surface area contributed by atoms with Crippen molar-refractivity contribution in [3.05, 3.63) is 40.4 Å². The van der Waals surface area contributed by atoms with Gasteiger partial charge in [-0.25, -0.2) is 13.4 Å². The molecule has 0 spiro atoms. The zero-order valence-corrected chi connectivity index (χ0v) is 16.0. The lowest BCUT2D eigenvalue weighted by Crippen LogP contribution is -2.35. The number of sulfonamides is 1. The first kappa shape index (κ1) is 17.6. The molecule has 1 amide bonds. The summed E-state index contributed by atoms with van der Waals surface area (Å²) in [6, 6.07) is 6.26. The molecule has 2 aromatic rings. The van der Waals surface area contributed by atoms with Crippen LogP contribution < -0.4 is 5.32 Å². The van der Waals surface area contributed by atoms with Crippen LogP contribution in [-0.4, -0.2) is 36.7 Å². The van der Waals surface area contributed by atoms with Crippen molar-refractivity contribution in [1.29, 1.82) is 0 Å². The fraction of sp³-hybridized carbons (Fsp3) is 0.444. The van der Waals surface area contributed by atoms with E-state index in [1.165, 1.54) is 26.6 Å². The van der Waals surface area contributed by atoms with E-state index in [0.29, 0.717) is 23.8 Å². The fourth-order valence-corrected chi connectivity index (χ4v) is 6.07. The number of hydrogen-bond acceptors (Lipinski definition) is 5. The van der Waals surface area contributed by atoms with Gasteiger partial charge in [0.15, 0.2) is 5.13 Å². The number of anilines is 1. The third-order valence-corrected chi connectivity index (χ3v) is 7.83. The third-order valence-electron chi connectivity index (χ3n) is 4.87. The second-order valence-electron chi connectivity index (χ2n) is 6.69. The Labute approximate surface area is 157 Å². The highest BCUT2D eigenvalue weighted by molar-refractivity contribution is 7.89. The van der Waals surface area contributed by atoms with Crippen molar-refractivity contribution < 1.29 is 13.2 Å². The summed E-state index contributed by atoms with van der Waals surface area (Å²) in [6.07, 6.45) is 5.94. The first-order valence-corrected chi connectivity index (χ1v) is 11.2. The van der Waals surface area contributed by atoms with Crippen molar-refractivity contribution in [3.63, 3.8) is 0 Å². The Morgan fingerprint density at radius 1 is 1.12 bits per heavy atom. The molecule has 2 aliphatic rings. The maximum Gasteiger partial charge on any atom is 0.257 e. The summed E-state index contributed by atoms with van der Waals surface area (Å²) in [5.41, 5.74) is 1.41. The number of nitrogens with one attached hydrogen (secondary N) is 1. The first-order chi connectivity index (χ1) is 12.5. The van der Waals surface area contributed by atoms with Gasteiger partial charge in [0, 0.05) is 23.5 Å². The lowest BCUT2D eigenvalue weighted by molar-refractivity contribution is 0.102. The summed E-state index contributed by atoms with van der Waals surface area (Å²) in [4.78, 5) is 18.4. The number of rotatable bonds is 4. The zero-order valence-electron chi connectivity index (χ0n) is 14.4. The van der Waals surface area contributed by atoms with Gasteiger partial charge in [-0.05, 0) is 50.3 Å². The number of benzene rings is 1. The molecule has 1 fully saturated rings. The van der Waals surface area contributed by atoms with Crippen LogP contribution in [0.25, 0.3) is 0 Å². The minimum Gasteiger partial charge on any atom is -0.298 e. The summed E-state index contributed by atoms with van der Waals surface area (Å²) in [6.45, 7) is 1.09. The van der Waals surface area contributed by atoms with Crippen LogP contribution in [0, 0.1) is 0 Å². The number of nitrogens with zero attached hydrogens (tertiary/aromatic N) is 2. The standard InChI is InChI=1S/C18H21N3O3S2/c22-17(20-18-19-15-8-5-9-16(15)25-18)13-6-4-7-14(12-13)26(23,24)21-10-2-1-3-11-21/h4,6-7,12H,1-3,5,8-11H2,(H,19,20,22). The average molecular weight is 392 g/mol. The van der Waals surface area contributed by atoms with Gasteiger partial charge in [-0.15, -0.1) is 11.3 Å². The molecule has 0 bridgehead atoms. The van der Waals surface area contributed by atoms with Crippen LogP contribution in [-0.2, 0) is 22.9 Å². The van der Waals surface area contributed by atoms with E-state index in [0.717, 1.165) is 44.2 Å². The van der Waals surface area contributed by atoms with E-state index in [9.17, 15) is 13.2 Å². The Bertz CT molecular complexity index is 909. The van der Waals surface area contributed by atoms with Crippen molar-refractivity contribution in [1.82, 2.24) is 9.29 Å². The van der Waals surface area contributed by atoms with Gasteiger partial charge < -0.3 is 0 Å². The molecule has 8 heteroatoms. The monoisotopic (exact) mass is 391 g/mol. The SMILES string of the molecule is O=C(Nc1nc2c(s1)CCC2)c1cccc(S(=O)(=O)N2CCCCC2)c1. The number of aryl methyl sites for hydroxylation is 2. The third kappa shape index (κ3) is 3.41. The zero-order chi connectivity index (χ0) is 18.1. The second kappa shape index (κ2) is 7.09. The number of carbonyl (C=O) groups excluding carboxylic acids is 1. The first-order valence-electron chi connectivity index (χ1n) is 8.94. The lowest BCUT2D eigenvalue weighted by Gasteiger charge is -2.26. The molecule has 1 aliphatic carbocycles. The Morgan fingerprint density at radius 3 is 2.69 bits per heavy atom. The Hall–Kier alpha value is -1.77. The topological polar surface area (TPSA) is 79.4 Å². The summed E-state index contributed by atoms with van der Waals surface area (Å²) in [5.74, 6) is -0.326. The Morgan fingerprint density at radius 2 is 1.92 bits per heavy atom. The molecule has 0 atom stereocenters. The van der Waals surface area contributed by atoms with Crippen LogP contribution in [0.15, 0.2) is 29.2 Å². The molecular formula is C18H21N3O3S2. The number of piperidine rings is 1. The van der Waals surface area contributed by atoms with Gasteiger partial charge in [0.2, 0.25) is 10.0 Å². The molecule has 0 unspecified atom stereocenters. The van der Waals surface area contributed by atoms with E-state index < -0.39 is 10.0 Å². The van der Waals surface area contributed by atoms with Crippen LogP contribution in [0.5, 0.6) is 0 Å². The number of hydrogen-bond donors (Lipinski definition) is 1. The lowest BCUT2D eigenvalue weighted by atomic mass is 10.2. The molecule has 0 saturated carbocycles. The van der Waals surface area contributed by atoms with Gasteiger partial charge in [-0.3, -0.25) is 10.1 Å². The minimum atomic E-state index is -3.55. The number of thiazole rings is 1. The molecule has 4 rings (SSSR count). The second-order valence-corrected chi connectivity index (χ2v) is 9.71. The Balaban J connectivity index is 1.53. The van der Waals surface area contributed by atoms with Gasteiger partial charge in [-0.1, -0.05) is 12.5 Å². The minimum absolute atomic E-state index is 0.175. The highest BCUT2D eigenvalue weighted by Gasteiger charge is 2.26. The molecule has 2 heterocycles. The van der Waals surface area contributed by atoms with Crippen LogP contribution >= 0.6 is 11.3 Å².